The molecular formula is C19H25NO3. The molecule has 0 radical (unpaired) electrons. The molecule has 1 aromatic rings. The van der Waals surface area contributed by atoms with Crippen LogP contribution < -0.4 is 0 Å². The van der Waals surface area contributed by atoms with E-state index in [2.05, 4.69) is 11.5 Å². The molecule has 0 spiro atoms. The molecule has 3 atom stereocenters. The molecule has 124 valence electrons. The van der Waals surface area contributed by atoms with Crippen LogP contribution in [0.25, 0.3) is 0 Å². The summed E-state index contributed by atoms with van der Waals surface area (Å²) in [6.07, 6.45) is 6.06. The molecule has 0 amide bonds. The molecule has 1 N–H and O–H groups in total. The largest absolute Gasteiger partial charge is 0.462 e. The highest BCUT2D eigenvalue weighted by atomic mass is 16.5. The van der Waals surface area contributed by atoms with Gasteiger partial charge in [-0.3, -0.25) is 9.69 Å². The van der Waals surface area contributed by atoms with Crippen LogP contribution in [0.4, 0.5) is 0 Å². The summed E-state index contributed by atoms with van der Waals surface area (Å²) in [5.74, 6) is -0.889. The van der Waals surface area contributed by atoms with Crippen LogP contribution in [0.2, 0.25) is 0 Å². The van der Waals surface area contributed by atoms with E-state index in [1.807, 2.05) is 36.4 Å². The fraction of sp³-hybridized carbons (Fsp3) is 0.526. The number of fused-ring (bicyclic) bond motifs is 2. The first-order valence-electron chi connectivity index (χ1n) is 8.46. The molecule has 2 aliphatic heterocycles. The average Bonchev–Trinajstić information content (AvgIpc) is 2.80. The molecule has 0 aromatic heterocycles. The molecule has 2 heterocycles. The van der Waals surface area contributed by atoms with E-state index < -0.39 is 5.92 Å². The van der Waals surface area contributed by atoms with Gasteiger partial charge in [0.15, 0.2) is 0 Å². The number of hydrogen-bond donors (Lipinski definition) is 1. The van der Waals surface area contributed by atoms with Crippen molar-refractivity contribution in [1.29, 1.82) is 0 Å². The van der Waals surface area contributed by atoms with Crippen LogP contribution in [0.5, 0.6) is 0 Å². The van der Waals surface area contributed by atoms with E-state index in [0.717, 1.165) is 24.9 Å². The second-order valence-corrected chi connectivity index (χ2v) is 6.55. The van der Waals surface area contributed by atoms with Gasteiger partial charge < -0.3 is 9.84 Å². The number of benzene rings is 1. The van der Waals surface area contributed by atoms with Crippen LogP contribution in [0.1, 0.15) is 37.2 Å². The molecule has 0 saturated carbocycles. The maximum atomic E-state index is 12.5. The maximum absolute atomic E-state index is 12.5. The minimum absolute atomic E-state index is 0.0289. The molecule has 3 rings (SSSR count). The predicted molar refractivity (Wildman–Crippen MR) is 89.1 cm³/mol. The standard InChI is InChI=1S/C19H25NO3/c1-2-10-20-15-8-9-16(20)12-17(11-15)23-19(22)18(13-21)14-6-4-3-5-7-14/h2-7,15-18,21H,1,8-13H2. The lowest BCUT2D eigenvalue weighted by atomic mass is 9.98. The van der Waals surface area contributed by atoms with Crippen molar-refractivity contribution in [1.82, 2.24) is 4.90 Å². The Morgan fingerprint density at radius 3 is 2.52 bits per heavy atom. The predicted octanol–water partition coefficient (Wildman–Crippen LogP) is 2.49. The Hall–Kier alpha value is -1.65. The summed E-state index contributed by atoms with van der Waals surface area (Å²) in [6, 6.07) is 10.4. The molecule has 4 heteroatoms. The Kier molecular flexibility index (Phi) is 5.13. The number of piperidine rings is 1. The van der Waals surface area contributed by atoms with Crippen LogP contribution in [0.15, 0.2) is 43.0 Å². The van der Waals surface area contributed by atoms with E-state index >= 15 is 0 Å². The Morgan fingerprint density at radius 1 is 1.30 bits per heavy atom. The molecule has 3 unspecified atom stereocenters. The summed E-state index contributed by atoms with van der Waals surface area (Å²) in [5.41, 5.74) is 0.812. The van der Waals surface area contributed by atoms with E-state index in [-0.39, 0.29) is 18.7 Å². The molecule has 2 bridgehead atoms. The SMILES string of the molecule is C=CCN1C2CCC1CC(OC(=O)C(CO)c1ccccc1)C2. The lowest BCUT2D eigenvalue weighted by molar-refractivity contribution is -0.155. The van der Waals surface area contributed by atoms with E-state index in [9.17, 15) is 9.90 Å². The fourth-order valence-corrected chi connectivity index (χ4v) is 4.02. The molecule has 0 aliphatic carbocycles. The first kappa shape index (κ1) is 16.2. The van der Waals surface area contributed by atoms with Gasteiger partial charge >= 0.3 is 5.97 Å². The monoisotopic (exact) mass is 315 g/mol. The van der Waals surface area contributed by atoms with Gasteiger partial charge in [0.1, 0.15) is 12.0 Å². The van der Waals surface area contributed by atoms with Crippen LogP contribution in [-0.4, -0.2) is 47.3 Å². The third-order valence-electron chi connectivity index (χ3n) is 5.13. The summed E-state index contributed by atoms with van der Waals surface area (Å²) in [6.45, 7) is 4.53. The number of rotatable bonds is 6. The van der Waals surface area contributed by atoms with Crippen LogP contribution in [0, 0.1) is 0 Å². The lowest BCUT2D eigenvalue weighted by Crippen LogP contribution is -2.46. The minimum atomic E-state index is -0.583. The zero-order chi connectivity index (χ0) is 16.2. The van der Waals surface area contributed by atoms with Crippen molar-refractivity contribution in [2.45, 2.75) is 49.8 Å². The normalized spacial score (nSPS) is 28.3. The molecular weight excluding hydrogens is 290 g/mol. The Balaban J connectivity index is 1.61. The number of aliphatic hydroxyl groups excluding tert-OH is 1. The Morgan fingerprint density at radius 2 is 1.96 bits per heavy atom. The smallest absolute Gasteiger partial charge is 0.316 e. The van der Waals surface area contributed by atoms with Gasteiger partial charge in [0.25, 0.3) is 0 Å². The first-order chi connectivity index (χ1) is 11.2. The van der Waals surface area contributed by atoms with Crippen LogP contribution in [-0.2, 0) is 9.53 Å². The molecule has 2 fully saturated rings. The zero-order valence-electron chi connectivity index (χ0n) is 13.4. The average molecular weight is 315 g/mol. The first-order valence-corrected chi connectivity index (χ1v) is 8.46. The highest BCUT2D eigenvalue weighted by Crippen LogP contribution is 2.37. The molecule has 2 aliphatic rings. The number of aliphatic hydroxyl groups is 1. The summed E-state index contributed by atoms with van der Waals surface area (Å²) in [4.78, 5) is 15.0. The van der Waals surface area contributed by atoms with Crippen LogP contribution >= 0.6 is 0 Å². The quantitative estimate of drug-likeness (QED) is 0.647. The highest BCUT2D eigenvalue weighted by molar-refractivity contribution is 5.78. The van der Waals surface area contributed by atoms with Gasteiger partial charge in [0.2, 0.25) is 0 Å². The number of esters is 1. The number of ether oxygens (including phenoxy) is 1. The van der Waals surface area contributed by atoms with Gasteiger partial charge in [0.05, 0.1) is 6.61 Å². The minimum Gasteiger partial charge on any atom is -0.462 e. The molecule has 23 heavy (non-hydrogen) atoms. The Labute approximate surface area is 137 Å². The van der Waals surface area contributed by atoms with E-state index in [4.69, 9.17) is 4.74 Å². The number of hydrogen-bond acceptors (Lipinski definition) is 4. The maximum Gasteiger partial charge on any atom is 0.316 e. The van der Waals surface area contributed by atoms with Crippen molar-refractivity contribution in [2.24, 2.45) is 0 Å². The van der Waals surface area contributed by atoms with E-state index in [0.29, 0.717) is 12.1 Å². The van der Waals surface area contributed by atoms with Crippen molar-refractivity contribution in [3.8, 4) is 0 Å². The van der Waals surface area contributed by atoms with E-state index in [1.165, 1.54) is 12.8 Å². The Bertz CT molecular complexity index is 531. The molecule has 2 saturated heterocycles. The van der Waals surface area contributed by atoms with Gasteiger partial charge in [-0.15, -0.1) is 6.58 Å². The molecule has 4 nitrogen and oxygen atoms in total. The van der Waals surface area contributed by atoms with Crippen molar-refractivity contribution >= 4 is 5.97 Å². The van der Waals surface area contributed by atoms with Crippen molar-refractivity contribution < 1.29 is 14.6 Å². The topological polar surface area (TPSA) is 49.8 Å². The zero-order valence-corrected chi connectivity index (χ0v) is 13.4. The van der Waals surface area contributed by atoms with Crippen LogP contribution in [0.3, 0.4) is 0 Å². The summed E-state index contributed by atoms with van der Waals surface area (Å²) >= 11 is 0. The van der Waals surface area contributed by atoms with Gasteiger partial charge in [-0.25, -0.2) is 0 Å². The number of carbonyl (C=O) groups is 1. The summed E-state index contributed by atoms with van der Waals surface area (Å²) < 4.78 is 5.75. The molecule has 1 aromatic carbocycles. The third-order valence-corrected chi connectivity index (χ3v) is 5.13. The van der Waals surface area contributed by atoms with E-state index in [1.54, 1.807) is 0 Å². The number of nitrogens with zero attached hydrogens (tertiary/aromatic N) is 1. The summed E-state index contributed by atoms with van der Waals surface area (Å²) in [7, 11) is 0. The second kappa shape index (κ2) is 7.28. The number of carbonyl (C=O) groups excluding carboxylic acids is 1. The van der Waals surface area contributed by atoms with Gasteiger partial charge in [-0.05, 0) is 18.4 Å². The lowest BCUT2D eigenvalue weighted by Gasteiger charge is -2.38. The van der Waals surface area contributed by atoms with Gasteiger partial charge in [-0.2, -0.15) is 0 Å². The summed E-state index contributed by atoms with van der Waals surface area (Å²) in [5, 5.41) is 9.59. The third kappa shape index (κ3) is 3.48. The van der Waals surface area contributed by atoms with Crippen molar-refractivity contribution in [2.75, 3.05) is 13.2 Å². The van der Waals surface area contributed by atoms with Gasteiger partial charge in [-0.1, -0.05) is 36.4 Å². The fourth-order valence-electron chi connectivity index (χ4n) is 4.02. The van der Waals surface area contributed by atoms with Crippen molar-refractivity contribution in [3.05, 3.63) is 48.6 Å². The highest BCUT2D eigenvalue weighted by Gasteiger charge is 2.41. The van der Waals surface area contributed by atoms with Gasteiger partial charge in [0, 0.05) is 31.5 Å². The van der Waals surface area contributed by atoms with Crippen molar-refractivity contribution in [3.63, 3.8) is 0 Å². The second-order valence-electron chi connectivity index (χ2n) is 6.55.